The predicted molar refractivity (Wildman–Crippen MR) is 253 cm³/mol. The number of rotatable bonds is 7. The predicted octanol–water partition coefficient (Wildman–Crippen LogP) is 14.7. The summed E-state index contributed by atoms with van der Waals surface area (Å²) in [5.41, 5.74) is 16.0. The smallest absolute Gasteiger partial charge is 0.159 e. The maximum absolute atomic E-state index is 6.93. The van der Waals surface area contributed by atoms with Crippen LogP contribution in [0.15, 0.2) is 233 Å². The molecule has 0 N–H and O–H groups in total. The molecule has 0 aliphatic carbocycles. The average Bonchev–Trinajstić information content (AvgIpc) is 4.05. The maximum Gasteiger partial charge on any atom is 0.159 e. The summed E-state index contributed by atoms with van der Waals surface area (Å²) in [5.74, 6) is 0.692. The van der Waals surface area contributed by atoms with E-state index >= 15 is 0 Å². The van der Waals surface area contributed by atoms with Gasteiger partial charge in [-0.2, -0.15) is 0 Å². The Labute approximate surface area is 353 Å². The van der Waals surface area contributed by atoms with E-state index in [0.717, 1.165) is 61.1 Å². The van der Waals surface area contributed by atoms with E-state index in [-0.39, 0.29) is 6.04 Å². The topological polar surface area (TPSA) is 42.8 Å². The molecule has 1 aliphatic heterocycles. The van der Waals surface area contributed by atoms with Crippen molar-refractivity contribution in [2.45, 2.75) is 6.04 Å². The minimum atomic E-state index is -0.267. The van der Waals surface area contributed by atoms with Crippen molar-refractivity contribution in [1.82, 2.24) is 4.57 Å². The van der Waals surface area contributed by atoms with Crippen molar-refractivity contribution < 1.29 is 4.42 Å². The highest BCUT2D eigenvalue weighted by atomic mass is 16.3. The Hall–Kier alpha value is -8.08. The lowest BCUT2D eigenvalue weighted by atomic mass is 9.94. The van der Waals surface area contributed by atoms with Crippen molar-refractivity contribution in [2.75, 3.05) is 0 Å². The van der Waals surface area contributed by atoms with Gasteiger partial charge in [0.1, 0.15) is 11.6 Å². The highest BCUT2D eigenvalue weighted by molar-refractivity contribution is 6.20. The zero-order chi connectivity index (χ0) is 40.3. The minimum Gasteiger partial charge on any atom is -0.454 e. The van der Waals surface area contributed by atoms with Crippen LogP contribution in [0.1, 0.15) is 22.7 Å². The molecule has 9 aromatic carbocycles. The zero-order valence-electron chi connectivity index (χ0n) is 33.1. The van der Waals surface area contributed by atoms with Gasteiger partial charge in [0, 0.05) is 27.1 Å². The molecule has 11 aromatic rings. The summed E-state index contributed by atoms with van der Waals surface area (Å²) >= 11 is 0. The highest BCUT2D eigenvalue weighted by Crippen LogP contribution is 2.40. The Morgan fingerprint density at radius 1 is 0.377 bits per heavy atom. The fraction of sp³-hybridized carbons (Fsp3) is 0.0175. The molecule has 61 heavy (non-hydrogen) atoms. The molecule has 286 valence electrons. The van der Waals surface area contributed by atoms with Crippen LogP contribution in [0.2, 0.25) is 0 Å². The van der Waals surface area contributed by atoms with Gasteiger partial charge in [0.05, 0.1) is 22.4 Å². The van der Waals surface area contributed by atoms with Crippen molar-refractivity contribution in [3.05, 3.63) is 235 Å². The Morgan fingerprint density at radius 2 is 0.902 bits per heavy atom. The number of nitrogens with zero attached hydrogens (tertiary/aromatic N) is 3. The van der Waals surface area contributed by atoms with Crippen LogP contribution in [0.5, 0.6) is 0 Å². The number of furan rings is 1. The molecular weight excluding hydrogens is 743 g/mol. The van der Waals surface area contributed by atoms with Gasteiger partial charge in [-0.25, -0.2) is 4.99 Å². The van der Waals surface area contributed by atoms with Crippen LogP contribution in [-0.2, 0) is 0 Å². The summed E-state index contributed by atoms with van der Waals surface area (Å²) in [5, 5.41) is 4.53. The van der Waals surface area contributed by atoms with Gasteiger partial charge in [0.15, 0.2) is 11.4 Å². The van der Waals surface area contributed by atoms with E-state index in [1.807, 2.05) is 12.1 Å². The van der Waals surface area contributed by atoms with Gasteiger partial charge in [-0.1, -0.05) is 188 Å². The lowest BCUT2D eigenvalue weighted by Crippen LogP contribution is -2.09. The highest BCUT2D eigenvalue weighted by Gasteiger charge is 2.27. The van der Waals surface area contributed by atoms with Gasteiger partial charge < -0.3 is 8.98 Å². The van der Waals surface area contributed by atoms with Crippen LogP contribution in [0.25, 0.3) is 82.8 Å². The number of para-hydroxylation sites is 2. The molecule has 1 aliphatic rings. The monoisotopic (exact) mass is 779 g/mol. The molecule has 12 rings (SSSR count). The van der Waals surface area contributed by atoms with Crippen molar-refractivity contribution >= 4 is 55.3 Å². The number of hydrogen-bond acceptors (Lipinski definition) is 3. The molecule has 1 atom stereocenters. The maximum atomic E-state index is 6.93. The molecule has 0 saturated heterocycles. The second-order valence-electron chi connectivity index (χ2n) is 15.7. The van der Waals surface area contributed by atoms with Crippen LogP contribution >= 0.6 is 0 Å². The Balaban J connectivity index is 0.972. The Kier molecular flexibility index (Phi) is 8.20. The van der Waals surface area contributed by atoms with E-state index in [0.29, 0.717) is 5.84 Å². The summed E-state index contributed by atoms with van der Waals surface area (Å²) in [6, 6.07) is 77.0. The lowest BCUT2D eigenvalue weighted by Gasteiger charge is -2.13. The number of fused-ring (bicyclic) bond motifs is 6. The average molecular weight is 780 g/mol. The molecule has 0 radical (unpaired) electrons. The largest absolute Gasteiger partial charge is 0.454 e. The van der Waals surface area contributed by atoms with Gasteiger partial charge in [-0.15, -0.1) is 0 Å². The van der Waals surface area contributed by atoms with Crippen LogP contribution in [0, 0.1) is 0 Å². The van der Waals surface area contributed by atoms with Crippen molar-refractivity contribution in [2.24, 2.45) is 9.98 Å². The molecule has 4 heteroatoms. The summed E-state index contributed by atoms with van der Waals surface area (Å²) in [6.07, 6.45) is 0. The van der Waals surface area contributed by atoms with Gasteiger partial charge in [-0.05, 0) is 74.8 Å². The molecule has 0 bridgehead atoms. The second kappa shape index (κ2) is 14.3. The standard InChI is InChI=1S/C57H37N3O/c1-4-13-37(14-5-1)40-23-27-42(28-24-40)54-55(43-29-25-41(26-30-43)38-15-6-2-7-16-38)59-57(58-54)45-32-34-48-49-20-12-22-51(56(49)61-53(48)36-45)60-50-21-11-10-19-46(50)47-33-31-44(35-52(47)60)39-17-8-3-9-18-39/h1-36,54H. The fourth-order valence-electron chi connectivity index (χ4n) is 9.07. The summed E-state index contributed by atoms with van der Waals surface area (Å²) in [7, 11) is 0. The Morgan fingerprint density at radius 3 is 1.61 bits per heavy atom. The SMILES string of the molecule is c1ccc(-c2ccc(C3=NC(c4ccc5c(c4)oc4c(-n6c7ccccc7c7ccc(-c8ccccc8)cc76)cccc45)=NC3c3ccc(-c4ccccc4)cc3)cc2)cc1. The van der Waals surface area contributed by atoms with Crippen LogP contribution in [0.4, 0.5) is 0 Å². The zero-order valence-corrected chi connectivity index (χ0v) is 33.1. The van der Waals surface area contributed by atoms with Gasteiger partial charge >= 0.3 is 0 Å². The molecule has 0 fully saturated rings. The Bertz CT molecular complexity index is 3490. The van der Waals surface area contributed by atoms with Gasteiger partial charge in [-0.3, -0.25) is 4.99 Å². The lowest BCUT2D eigenvalue weighted by molar-refractivity contribution is 0.666. The molecule has 1 unspecified atom stereocenters. The first-order chi connectivity index (χ1) is 30.2. The molecule has 3 heterocycles. The van der Waals surface area contributed by atoms with Crippen LogP contribution in [0.3, 0.4) is 0 Å². The van der Waals surface area contributed by atoms with Gasteiger partial charge in [0.25, 0.3) is 0 Å². The molecule has 4 nitrogen and oxygen atoms in total. The summed E-state index contributed by atoms with van der Waals surface area (Å²) in [4.78, 5) is 10.7. The quantitative estimate of drug-likeness (QED) is 0.159. The first kappa shape index (κ1) is 34.9. The third-order valence-electron chi connectivity index (χ3n) is 12.1. The minimum absolute atomic E-state index is 0.267. The number of aromatic nitrogens is 1. The first-order valence-corrected chi connectivity index (χ1v) is 20.8. The molecular formula is C57H37N3O. The van der Waals surface area contributed by atoms with E-state index < -0.39 is 0 Å². The van der Waals surface area contributed by atoms with Crippen molar-refractivity contribution in [1.29, 1.82) is 0 Å². The molecule has 0 spiro atoms. The summed E-state index contributed by atoms with van der Waals surface area (Å²) in [6.45, 7) is 0. The van der Waals surface area contributed by atoms with E-state index in [4.69, 9.17) is 14.4 Å². The first-order valence-electron chi connectivity index (χ1n) is 20.8. The van der Waals surface area contributed by atoms with E-state index in [9.17, 15) is 0 Å². The molecule has 0 amide bonds. The molecule has 0 saturated carbocycles. The van der Waals surface area contributed by atoms with E-state index in [1.165, 1.54) is 44.2 Å². The van der Waals surface area contributed by atoms with Crippen molar-refractivity contribution in [3.8, 4) is 39.1 Å². The second-order valence-corrected chi connectivity index (χ2v) is 15.7. The van der Waals surface area contributed by atoms with Crippen LogP contribution < -0.4 is 0 Å². The van der Waals surface area contributed by atoms with E-state index in [1.54, 1.807) is 0 Å². The number of benzene rings is 9. The number of aliphatic imine (C=N–C) groups is 2. The number of amidine groups is 1. The number of hydrogen-bond donors (Lipinski definition) is 0. The van der Waals surface area contributed by atoms with Crippen LogP contribution in [-0.4, -0.2) is 16.1 Å². The van der Waals surface area contributed by atoms with Gasteiger partial charge in [0.2, 0.25) is 0 Å². The molecule has 2 aromatic heterocycles. The fourth-order valence-corrected chi connectivity index (χ4v) is 9.07. The van der Waals surface area contributed by atoms with Crippen molar-refractivity contribution in [3.63, 3.8) is 0 Å². The third kappa shape index (κ3) is 5.99. The third-order valence-corrected chi connectivity index (χ3v) is 12.1. The summed E-state index contributed by atoms with van der Waals surface area (Å²) < 4.78 is 9.29. The van der Waals surface area contributed by atoms with E-state index in [2.05, 4.69) is 211 Å². The normalized spacial score (nSPS) is 13.9.